The molecule has 0 saturated carbocycles. The highest BCUT2D eigenvalue weighted by Crippen LogP contribution is 2.53. The maximum atomic E-state index is 13.7. The Balaban J connectivity index is 1.37. The quantitative estimate of drug-likeness (QED) is 0.483. The largest absolute Gasteiger partial charge is 0.448 e. The van der Waals surface area contributed by atoms with Gasteiger partial charge >= 0.3 is 6.18 Å². The molecule has 0 radical (unpaired) electrons. The van der Waals surface area contributed by atoms with E-state index < -0.39 is 18.5 Å². The number of carbonyl (C=O) groups excluding carboxylic acids is 2. The van der Waals surface area contributed by atoms with E-state index in [0.717, 1.165) is 11.1 Å². The Hall–Kier alpha value is -2.52. The number of hydrogen-bond donors (Lipinski definition) is 0. The van der Waals surface area contributed by atoms with Crippen LogP contribution in [0.3, 0.4) is 0 Å². The van der Waals surface area contributed by atoms with Crippen LogP contribution in [-0.2, 0) is 11.2 Å². The molecule has 1 aliphatic carbocycles. The summed E-state index contributed by atoms with van der Waals surface area (Å²) >= 11 is 6.79. The first kappa shape index (κ1) is 27.1. The van der Waals surface area contributed by atoms with Crippen molar-refractivity contribution in [2.24, 2.45) is 5.92 Å². The fourth-order valence-corrected chi connectivity index (χ4v) is 6.52. The molecule has 206 valence electrons. The SMILES string of the molecule is CC1=CC(C)=C(CN2CCc3c(Cl)c4c(c(C)c3C2=O)OC(C)(C2CCN(CC(F)(F)F)CC2)O4)C(=O)C1. The smallest absolute Gasteiger partial charge is 0.401 e. The molecule has 38 heavy (non-hydrogen) atoms. The number of carbonyl (C=O) groups is 2. The Morgan fingerprint density at radius 1 is 1.08 bits per heavy atom. The molecule has 4 aliphatic rings. The van der Waals surface area contributed by atoms with Gasteiger partial charge in [0.25, 0.3) is 11.7 Å². The number of allylic oxidation sites excluding steroid dienone is 3. The van der Waals surface area contributed by atoms with Crippen LogP contribution in [-0.4, -0.2) is 66.2 Å². The molecule has 1 unspecified atom stereocenters. The predicted molar refractivity (Wildman–Crippen MR) is 137 cm³/mol. The first-order valence-electron chi connectivity index (χ1n) is 13.0. The third kappa shape index (κ3) is 4.83. The van der Waals surface area contributed by atoms with Gasteiger partial charge in [0.1, 0.15) is 0 Å². The van der Waals surface area contributed by atoms with Crippen molar-refractivity contribution in [3.05, 3.63) is 44.5 Å². The van der Waals surface area contributed by atoms with Gasteiger partial charge in [-0.2, -0.15) is 13.2 Å². The fourth-order valence-electron chi connectivity index (χ4n) is 6.21. The highest BCUT2D eigenvalue weighted by molar-refractivity contribution is 6.34. The van der Waals surface area contributed by atoms with Gasteiger partial charge in [0, 0.05) is 43.5 Å². The number of fused-ring (bicyclic) bond motifs is 2. The topological polar surface area (TPSA) is 59.1 Å². The van der Waals surface area contributed by atoms with Crippen LogP contribution in [0.2, 0.25) is 5.02 Å². The van der Waals surface area contributed by atoms with E-state index in [0.29, 0.717) is 84.1 Å². The van der Waals surface area contributed by atoms with Crippen LogP contribution in [0.4, 0.5) is 13.2 Å². The summed E-state index contributed by atoms with van der Waals surface area (Å²) in [6, 6.07) is 0. The van der Waals surface area contributed by atoms with Gasteiger partial charge in [-0.25, -0.2) is 0 Å². The summed E-state index contributed by atoms with van der Waals surface area (Å²) in [7, 11) is 0. The van der Waals surface area contributed by atoms with Crippen molar-refractivity contribution in [3.8, 4) is 11.5 Å². The number of amides is 1. The minimum atomic E-state index is -4.23. The van der Waals surface area contributed by atoms with E-state index in [-0.39, 0.29) is 24.2 Å². The van der Waals surface area contributed by atoms with Crippen molar-refractivity contribution in [1.29, 1.82) is 0 Å². The molecule has 1 amide bonds. The van der Waals surface area contributed by atoms with E-state index >= 15 is 0 Å². The van der Waals surface area contributed by atoms with E-state index in [1.54, 1.807) is 18.7 Å². The second-order valence-electron chi connectivity index (χ2n) is 11.1. The number of halogens is 4. The van der Waals surface area contributed by atoms with Crippen LogP contribution in [0.25, 0.3) is 0 Å². The van der Waals surface area contributed by atoms with Crippen LogP contribution >= 0.6 is 11.6 Å². The molecule has 6 nitrogen and oxygen atoms in total. The van der Waals surface area contributed by atoms with Gasteiger partial charge in [0.15, 0.2) is 17.3 Å². The lowest BCUT2D eigenvalue weighted by atomic mass is 9.89. The number of Topliss-reactive ketones (excluding diaryl/α,β-unsaturated/α-hetero) is 1. The van der Waals surface area contributed by atoms with Crippen LogP contribution in [0, 0.1) is 12.8 Å². The number of piperidine rings is 1. The third-order valence-electron chi connectivity index (χ3n) is 8.23. The molecule has 1 aromatic rings. The van der Waals surface area contributed by atoms with Crippen molar-refractivity contribution in [2.75, 3.05) is 32.7 Å². The normalized spacial score (nSPS) is 24.7. The molecule has 10 heteroatoms. The zero-order valence-corrected chi connectivity index (χ0v) is 22.8. The second-order valence-corrected chi connectivity index (χ2v) is 11.4. The van der Waals surface area contributed by atoms with Gasteiger partial charge in [-0.1, -0.05) is 23.3 Å². The average Bonchev–Trinajstić information content (AvgIpc) is 3.19. The number of rotatable bonds is 4. The Labute approximate surface area is 225 Å². The summed E-state index contributed by atoms with van der Waals surface area (Å²) in [5.74, 6) is -0.585. The molecule has 1 atom stereocenters. The van der Waals surface area contributed by atoms with Gasteiger partial charge in [-0.05, 0) is 64.3 Å². The van der Waals surface area contributed by atoms with Crippen molar-refractivity contribution >= 4 is 23.3 Å². The van der Waals surface area contributed by atoms with E-state index in [1.165, 1.54) is 4.90 Å². The number of nitrogens with zero attached hydrogens (tertiary/aromatic N) is 2. The first-order valence-corrected chi connectivity index (χ1v) is 13.4. The second kappa shape index (κ2) is 9.59. The van der Waals surface area contributed by atoms with Crippen LogP contribution in [0.1, 0.15) is 61.5 Å². The minimum absolute atomic E-state index is 0.0404. The average molecular weight is 553 g/mol. The van der Waals surface area contributed by atoms with Gasteiger partial charge in [-0.15, -0.1) is 0 Å². The van der Waals surface area contributed by atoms with Crippen molar-refractivity contribution in [3.63, 3.8) is 0 Å². The molecule has 3 heterocycles. The number of hydrogen-bond acceptors (Lipinski definition) is 5. The van der Waals surface area contributed by atoms with E-state index in [1.807, 2.05) is 19.9 Å². The van der Waals surface area contributed by atoms with Crippen LogP contribution in [0.5, 0.6) is 11.5 Å². The molecule has 1 fully saturated rings. The predicted octanol–water partition coefficient (Wildman–Crippen LogP) is 5.64. The molecule has 3 aliphatic heterocycles. The van der Waals surface area contributed by atoms with Crippen LogP contribution < -0.4 is 9.47 Å². The first-order chi connectivity index (χ1) is 17.8. The summed E-state index contributed by atoms with van der Waals surface area (Å²) in [5.41, 5.74) is 4.35. The van der Waals surface area contributed by atoms with Gasteiger partial charge in [0.05, 0.1) is 17.1 Å². The lowest BCUT2D eigenvalue weighted by Crippen LogP contribution is -2.49. The zero-order chi connectivity index (χ0) is 27.6. The number of alkyl halides is 3. The maximum Gasteiger partial charge on any atom is 0.401 e. The molecule has 0 bridgehead atoms. The van der Waals surface area contributed by atoms with Gasteiger partial charge in [-0.3, -0.25) is 14.5 Å². The van der Waals surface area contributed by atoms with E-state index in [9.17, 15) is 22.8 Å². The summed E-state index contributed by atoms with van der Waals surface area (Å²) < 4.78 is 51.1. The molecule has 5 rings (SSSR count). The summed E-state index contributed by atoms with van der Waals surface area (Å²) in [6.07, 6.45) is -0.387. The van der Waals surface area contributed by atoms with Crippen molar-refractivity contribution in [2.45, 2.75) is 65.3 Å². The van der Waals surface area contributed by atoms with Gasteiger partial charge < -0.3 is 14.4 Å². The third-order valence-corrected chi connectivity index (χ3v) is 8.63. The molecular weight excluding hydrogens is 521 g/mol. The number of ketones is 1. The molecule has 0 N–H and O–H groups in total. The highest BCUT2D eigenvalue weighted by atomic mass is 35.5. The Morgan fingerprint density at radius 2 is 1.74 bits per heavy atom. The zero-order valence-electron chi connectivity index (χ0n) is 22.1. The molecule has 1 aromatic carbocycles. The summed E-state index contributed by atoms with van der Waals surface area (Å²) in [6.45, 7) is 7.74. The van der Waals surface area contributed by atoms with E-state index in [4.69, 9.17) is 21.1 Å². The van der Waals surface area contributed by atoms with Crippen molar-refractivity contribution in [1.82, 2.24) is 9.80 Å². The van der Waals surface area contributed by atoms with Gasteiger partial charge in [0.2, 0.25) is 0 Å². The number of benzene rings is 1. The molecule has 0 aromatic heterocycles. The van der Waals surface area contributed by atoms with Crippen molar-refractivity contribution < 1.29 is 32.2 Å². The number of likely N-dealkylation sites (tertiary alicyclic amines) is 1. The van der Waals surface area contributed by atoms with E-state index in [2.05, 4.69) is 0 Å². The Bertz CT molecular complexity index is 1260. The molecule has 0 spiro atoms. The molecular formula is C28H32ClF3N2O4. The lowest BCUT2D eigenvalue weighted by molar-refractivity contribution is -0.159. The number of ether oxygens (including phenoxy) is 2. The lowest BCUT2D eigenvalue weighted by Gasteiger charge is -2.38. The summed E-state index contributed by atoms with van der Waals surface area (Å²) in [4.78, 5) is 29.4. The maximum absolute atomic E-state index is 13.7. The van der Waals surface area contributed by atoms with Crippen LogP contribution in [0.15, 0.2) is 22.8 Å². The monoisotopic (exact) mass is 552 g/mol. The standard InChI is InChI=1S/C28H32ClF3N2O4/c1-15-11-16(2)20(21(35)12-15)13-34-10-7-19-22(26(34)36)17(3)24-25(23(19)29)38-27(4,37-24)18-5-8-33(9-6-18)14-28(30,31)32/h11,18H,5-10,12-14H2,1-4H3. The minimum Gasteiger partial charge on any atom is -0.448 e. The summed E-state index contributed by atoms with van der Waals surface area (Å²) in [5, 5.41) is 0.342. The highest BCUT2D eigenvalue weighted by Gasteiger charge is 2.49. The Morgan fingerprint density at radius 3 is 2.37 bits per heavy atom. The molecule has 1 saturated heterocycles. The fraction of sp³-hybridized carbons (Fsp3) is 0.571. The Kier molecular flexibility index (Phi) is 6.83.